The number of hydrogen-bond donors (Lipinski definition) is 4. The minimum absolute atomic E-state index is 0.0938. The Bertz CT molecular complexity index is 1150. The molecule has 140 valence electrons. The van der Waals surface area contributed by atoms with E-state index in [1.807, 2.05) is 17.6 Å². The van der Waals surface area contributed by atoms with E-state index in [1.54, 1.807) is 0 Å². The Morgan fingerprint density at radius 1 is 1.30 bits per heavy atom. The van der Waals surface area contributed by atoms with E-state index in [1.165, 1.54) is 22.5 Å². The Balaban J connectivity index is 1.29. The molecule has 8 heteroatoms. The van der Waals surface area contributed by atoms with Gasteiger partial charge in [0.2, 0.25) is 5.95 Å². The van der Waals surface area contributed by atoms with Crippen molar-refractivity contribution in [1.82, 2.24) is 20.3 Å². The fraction of sp³-hybridized carbons (Fsp3) is 0.263. The molecule has 4 N–H and O–H groups in total. The molecule has 0 fully saturated rings. The Hall–Kier alpha value is -2.35. The topological polar surface area (TPSA) is 85.6 Å². The summed E-state index contributed by atoms with van der Waals surface area (Å²) in [6.45, 7) is 4.42. The number of hydrogen-bond acceptors (Lipinski definition) is 5. The third-order valence-corrected chi connectivity index (χ3v) is 5.63. The molecular formula is C19H20ClN5OS. The second-order valence-corrected chi connectivity index (χ2v) is 7.81. The van der Waals surface area contributed by atoms with E-state index in [0.717, 1.165) is 47.5 Å². The van der Waals surface area contributed by atoms with Crippen LogP contribution in [0.2, 0.25) is 5.02 Å². The molecule has 27 heavy (non-hydrogen) atoms. The normalized spacial score (nSPS) is 11.5. The van der Waals surface area contributed by atoms with Crippen LogP contribution in [0.1, 0.15) is 17.5 Å². The van der Waals surface area contributed by atoms with Crippen LogP contribution in [0.4, 0.5) is 5.95 Å². The Morgan fingerprint density at radius 2 is 2.19 bits per heavy atom. The van der Waals surface area contributed by atoms with Gasteiger partial charge in [-0.1, -0.05) is 23.2 Å². The van der Waals surface area contributed by atoms with Crippen molar-refractivity contribution in [3.8, 4) is 0 Å². The molecular weight excluding hydrogens is 382 g/mol. The van der Waals surface area contributed by atoms with E-state index in [4.69, 9.17) is 11.6 Å². The highest BCUT2D eigenvalue weighted by Gasteiger charge is 2.07. The predicted molar refractivity (Wildman–Crippen MR) is 113 cm³/mol. The van der Waals surface area contributed by atoms with Crippen molar-refractivity contribution < 1.29 is 0 Å². The summed E-state index contributed by atoms with van der Waals surface area (Å²) in [5, 5.41) is 10.3. The minimum Gasteiger partial charge on any atom is -0.359 e. The second-order valence-electron chi connectivity index (χ2n) is 6.49. The van der Waals surface area contributed by atoms with E-state index >= 15 is 0 Å². The lowest BCUT2D eigenvalue weighted by atomic mass is 10.1. The molecule has 6 nitrogen and oxygen atoms in total. The first-order valence-corrected chi connectivity index (χ1v) is 10.1. The molecule has 0 aliphatic rings. The Labute approximate surface area is 165 Å². The molecule has 0 radical (unpaired) electrons. The summed E-state index contributed by atoms with van der Waals surface area (Å²) < 4.78 is 0.663. The molecule has 0 amide bonds. The van der Waals surface area contributed by atoms with Crippen molar-refractivity contribution >= 4 is 50.0 Å². The summed E-state index contributed by atoms with van der Waals surface area (Å²) in [7, 11) is 0. The van der Waals surface area contributed by atoms with Gasteiger partial charge in [-0.15, -0.1) is 11.3 Å². The predicted octanol–water partition coefficient (Wildman–Crippen LogP) is 4.02. The van der Waals surface area contributed by atoms with Crippen molar-refractivity contribution in [3.63, 3.8) is 0 Å². The van der Waals surface area contributed by atoms with Crippen LogP contribution in [-0.4, -0.2) is 28.0 Å². The van der Waals surface area contributed by atoms with Crippen LogP contribution in [-0.2, 0) is 6.54 Å². The van der Waals surface area contributed by atoms with Crippen LogP contribution in [0.25, 0.3) is 21.1 Å². The minimum atomic E-state index is -0.0938. The lowest BCUT2D eigenvalue weighted by Crippen LogP contribution is -2.19. The van der Waals surface area contributed by atoms with Crippen molar-refractivity contribution in [3.05, 3.63) is 56.3 Å². The third kappa shape index (κ3) is 3.85. The largest absolute Gasteiger partial charge is 0.359 e. The SMILES string of the molecule is Cc1cc(CNCCCNc2nc3ccsc3c(=O)[nH]2)c2[nH]cc(Cl)c2c1. The number of H-pyrrole nitrogens is 2. The number of nitrogens with zero attached hydrogens (tertiary/aromatic N) is 1. The Morgan fingerprint density at radius 3 is 3.07 bits per heavy atom. The molecule has 3 aromatic heterocycles. The van der Waals surface area contributed by atoms with Gasteiger partial charge in [0.15, 0.2) is 0 Å². The molecule has 4 rings (SSSR count). The van der Waals surface area contributed by atoms with Gasteiger partial charge >= 0.3 is 0 Å². The zero-order chi connectivity index (χ0) is 18.8. The van der Waals surface area contributed by atoms with Crippen molar-refractivity contribution in [2.45, 2.75) is 19.9 Å². The summed E-state index contributed by atoms with van der Waals surface area (Å²) in [5.41, 5.74) is 4.13. The monoisotopic (exact) mass is 401 g/mol. The molecule has 0 saturated heterocycles. The highest BCUT2D eigenvalue weighted by atomic mass is 35.5. The number of nitrogens with one attached hydrogen (secondary N) is 4. The smallest absolute Gasteiger partial charge is 0.270 e. The van der Waals surface area contributed by atoms with Gasteiger partial charge in [-0.25, -0.2) is 4.98 Å². The molecule has 0 aliphatic heterocycles. The van der Waals surface area contributed by atoms with Gasteiger partial charge in [-0.3, -0.25) is 9.78 Å². The van der Waals surface area contributed by atoms with Gasteiger partial charge < -0.3 is 15.6 Å². The first kappa shape index (κ1) is 18.0. The molecule has 0 unspecified atom stereocenters. The molecule has 4 aromatic rings. The van der Waals surface area contributed by atoms with Gasteiger partial charge in [0.1, 0.15) is 4.70 Å². The zero-order valence-electron chi connectivity index (χ0n) is 14.9. The molecule has 1 aromatic carbocycles. The van der Waals surface area contributed by atoms with Gasteiger partial charge in [-0.05, 0) is 43.0 Å². The van der Waals surface area contributed by atoms with Gasteiger partial charge in [0.05, 0.1) is 16.1 Å². The highest BCUT2D eigenvalue weighted by molar-refractivity contribution is 7.17. The van der Waals surface area contributed by atoms with Crippen molar-refractivity contribution in [2.75, 3.05) is 18.4 Å². The zero-order valence-corrected chi connectivity index (χ0v) is 16.4. The number of benzene rings is 1. The number of rotatable bonds is 7. The average molecular weight is 402 g/mol. The summed E-state index contributed by atoms with van der Waals surface area (Å²) in [5.74, 6) is 0.521. The standard InChI is InChI=1S/C19H20ClN5OS/c1-11-7-12(16-13(8-11)14(20)10-23-16)9-21-4-2-5-22-19-24-15-3-6-27-17(15)18(26)25-19/h3,6-8,10,21,23H,2,4-5,9H2,1H3,(H2,22,24,25,26). The molecule has 3 heterocycles. The number of aryl methyl sites for hydroxylation is 1. The molecule has 0 aliphatic carbocycles. The van der Waals surface area contributed by atoms with Crippen LogP contribution in [0.3, 0.4) is 0 Å². The lowest BCUT2D eigenvalue weighted by molar-refractivity contribution is 0.663. The first-order chi connectivity index (χ1) is 13.1. The number of thiophene rings is 1. The van der Waals surface area contributed by atoms with E-state index in [2.05, 4.69) is 44.6 Å². The average Bonchev–Trinajstić information content (AvgIpc) is 3.25. The molecule has 0 saturated carbocycles. The first-order valence-electron chi connectivity index (χ1n) is 8.80. The van der Waals surface area contributed by atoms with Crippen molar-refractivity contribution in [2.24, 2.45) is 0 Å². The quantitative estimate of drug-likeness (QED) is 0.352. The summed E-state index contributed by atoms with van der Waals surface area (Å²) in [6, 6.07) is 6.13. The van der Waals surface area contributed by atoms with Crippen molar-refractivity contribution in [1.29, 1.82) is 0 Å². The van der Waals surface area contributed by atoms with Gasteiger partial charge in [0.25, 0.3) is 5.56 Å². The summed E-state index contributed by atoms with van der Waals surface area (Å²) >= 11 is 7.63. The van der Waals surface area contributed by atoms with E-state index in [0.29, 0.717) is 10.6 Å². The number of anilines is 1. The maximum atomic E-state index is 11.9. The number of halogens is 1. The fourth-order valence-electron chi connectivity index (χ4n) is 3.17. The molecule has 0 atom stereocenters. The third-order valence-electron chi connectivity index (χ3n) is 4.42. The summed E-state index contributed by atoms with van der Waals surface area (Å²) in [4.78, 5) is 22.4. The molecule has 0 bridgehead atoms. The molecule has 0 spiro atoms. The second kappa shape index (κ2) is 7.72. The number of fused-ring (bicyclic) bond motifs is 2. The van der Waals surface area contributed by atoms with Crippen LogP contribution in [0, 0.1) is 6.92 Å². The van der Waals surface area contributed by atoms with Crippen LogP contribution in [0.15, 0.2) is 34.6 Å². The highest BCUT2D eigenvalue weighted by Crippen LogP contribution is 2.27. The fourth-order valence-corrected chi connectivity index (χ4v) is 4.10. The van der Waals surface area contributed by atoms with Gasteiger partial charge in [-0.2, -0.15) is 0 Å². The lowest BCUT2D eigenvalue weighted by Gasteiger charge is -2.09. The van der Waals surface area contributed by atoms with Gasteiger partial charge in [0, 0.05) is 24.7 Å². The Kier molecular flexibility index (Phi) is 5.15. The van der Waals surface area contributed by atoms with E-state index < -0.39 is 0 Å². The van der Waals surface area contributed by atoms with Crippen LogP contribution < -0.4 is 16.2 Å². The van der Waals surface area contributed by atoms with Crippen LogP contribution in [0.5, 0.6) is 0 Å². The van der Waals surface area contributed by atoms with E-state index in [9.17, 15) is 4.79 Å². The van der Waals surface area contributed by atoms with E-state index in [-0.39, 0.29) is 5.56 Å². The maximum absolute atomic E-state index is 11.9. The maximum Gasteiger partial charge on any atom is 0.270 e. The van der Waals surface area contributed by atoms with Crippen LogP contribution >= 0.6 is 22.9 Å². The number of aromatic nitrogens is 3. The number of aromatic amines is 2. The summed E-state index contributed by atoms with van der Waals surface area (Å²) in [6.07, 6.45) is 2.74.